The second-order valence-electron chi connectivity index (χ2n) is 5.12. The number of hydrogen-bond donors (Lipinski definition) is 1. The molecule has 0 bridgehead atoms. The Bertz CT molecular complexity index is 652. The van der Waals surface area contributed by atoms with Crippen molar-refractivity contribution in [2.45, 2.75) is 20.8 Å². The molecule has 2 aromatic rings. The first kappa shape index (κ1) is 13.3. The van der Waals surface area contributed by atoms with Crippen LogP contribution in [-0.4, -0.2) is 23.8 Å². The summed E-state index contributed by atoms with van der Waals surface area (Å²) in [5.41, 5.74) is 1.03. The molecule has 4 nitrogen and oxygen atoms in total. The van der Waals surface area contributed by atoms with E-state index in [9.17, 15) is 9.59 Å². The molecule has 0 radical (unpaired) electrons. The lowest BCUT2D eigenvalue weighted by Gasteiger charge is -2.20. The minimum atomic E-state index is -1.19. The fourth-order valence-corrected chi connectivity index (χ4v) is 2.23. The summed E-state index contributed by atoms with van der Waals surface area (Å²) in [5.74, 6) is -0.753. The number of ether oxygens (including phenoxy) is 1. The number of fused-ring (bicyclic) bond motifs is 1. The summed E-state index contributed by atoms with van der Waals surface area (Å²) in [7, 11) is 1.29. The molecule has 100 valence electrons. The summed E-state index contributed by atoms with van der Waals surface area (Å²) in [6, 6.07) is 7.55. The Morgan fingerprint density at radius 1 is 1.21 bits per heavy atom. The number of ketones is 1. The predicted molar refractivity (Wildman–Crippen MR) is 73.2 cm³/mol. The van der Waals surface area contributed by atoms with E-state index >= 15 is 0 Å². The van der Waals surface area contributed by atoms with Gasteiger partial charge in [-0.25, -0.2) is 0 Å². The highest BCUT2D eigenvalue weighted by Crippen LogP contribution is 2.30. The van der Waals surface area contributed by atoms with Crippen LogP contribution in [0, 0.1) is 12.3 Å². The van der Waals surface area contributed by atoms with E-state index in [1.165, 1.54) is 7.11 Å². The predicted octanol–water partition coefficient (Wildman–Crippen LogP) is 2.86. The number of esters is 1. The normalized spacial score (nSPS) is 11.6. The van der Waals surface area contributed by atoms with E-state index in [1.54, 1.807) is 13.8 Å². The summed E-state index contributed by atoms with van der Waals surface area (Å²) >= 11 is 0. The van der Waals surface area contributed by atoms with Crippen LogP contribution in [0.1, 0.15) is 29.9 Å². The largest absolute Gasteiger partial charge is 0.468 e. The van der Waals surface area contributed by atoms with Crippen molar-refractivity contribution in [3.05, 3.63) is 35.5 Å². The van der Waals surface area contributed by atoms with E-state index in [4.69, 9.17) is 4.74 Å². The Labute approximate surface area is 111 Å². The molecule has 0 fully saturated rings. The van der Waals surface area contributed by atoms with Crippen LogP contribution in [-0.2, 0) is 9.53 Å². The Balaban J connectivity index is 2.59. The summed E-state index contributed by atoms with van der Waals surface area (Å²) in [6.45, 7) is 5.01. The number of aryl methyl sites for hydroxylation is 1. The van der Waals surface area contributed by atoms with E-state index < -0.39 is 11.4 Å². The van der Waals surface area contributed by atoms with Gasteiger partial charge in [-0.05, 0) is 26.8 Å². The molecule has 4 heteroatoms. The molecule has 2 rings (SSSR count). The van der Waals surface area contributed by atoms with Crippen LogP contribution in [0.15, 0.2) is 24.3 Å². The van der Waals surface area contributed by atoms with Crippen LogP contribution in [0.3, 0.4) is 0 Å². The quantitative estimate of drug-likeness (QED) is 0.524. The van der Waals surface area contributed by atoms with Gasteiger partial charge in [-0.1, -0.05) is 18.2 Å². The molecular formula is C15H17NO3. The lowest BCUT2D eigenvalue weighted by molar-refractivity contribution is -0.147. The lowest BCUT2D eigenvalue weighted by atomic mass is 9.83. The molecule has 1 aromatic carbocycles. The molecule has 0 aliphatic heterocycles. The minimum Gasteiger partial charge on any atom is -0.468 e. The molecule has 0 unspecified atom stereocenters. The fraction of sp³-hybridized carbons (Fsp3) is 0.333. The van der Waals surface area contributed by atoms with Crippen molar-refractivity contribution in [1.82, 2.24) is 4.98 Å². The monoisotopic (exact) mass is 259 g/mol. The number of Topliss-reactive ketones (excluding diaryl/α,β-unsaturated/α-hetero) is 1. The minimum absolute atomic E-state index is 0.227. The molecule has 0 saturated heterocycles. The first-order valence-electron chi connectivity index (χ1n) is 6.10. The van der Waals surface area contributed by atoms with Crippen molar-refractivity contribution in [2.75, 3.05) is 7.11 Å². The highest BCUT2D eigenvalue weighted by molar-refractivity contribution is 6.18. The third-order valence-electron chi connectivity index (χ3n) is 3.38. The number of H-pyrrole nitrogens is 1. The third kappa shape index (κ3) is 2.03. The van der Waals surface area contributed by atoms with Crippen molar-refractivity contribution < 1.29 is 14.3 Å². The van der Waals surface area contributed by atoms with Crippen molar-refractivity contribution in [3.8, 4) is 0 Å². The molecule has 0 aliphatic carbocycles. The standard InChI is InChI=1S/C15H17NO3/c1-9-12(10-7-5-6-8-11(10)16-9)13(17)15(2,3)14(18)19-4/h5-8,16H,1-4H3. The number of methoxy groups -OCH3 is 1. The van der Waals surface area contributed by atoms with Gasteiger partial charge >= 0.3 is 5.97 Å². The number of aromatic amines is 1. The number of carbonyl (C=O) groups excluding carboxylic acids is 2. The summed E-state index contributed by atoms with van der Waals surface area (Å²) in [5, 5.41) is 0.835. The molecule has 19 heavy (non-hydrogen) atoms. The van der Waals surface area contributed by atoms with Crippen LogP contribution in [0.4, 0.5) is 0 Å². The van der Waals surface area contributed by atoms with E-state index in [0.717, 1.165) is 16.6 Å². The molecule has 0 saturated carbocycles. The molecule has 0 amide bonds. The van der Waals surface area contributed by atoms with E-state index in [1.807, 2.05) is 31.2 Å². The van der Waals surface area contributed by atoms with Crippen molar-refractivity contribution in [1.29, 1.82) is 0 Å². The number of hydrogen-bond acceptors (Lipinski definition) is 3. The Morgan fingerprint density at radius 3 is 2.47 bits per heavy atom. The molecule has 1 aromatic heterocycles. The van der Waals surface area contributed by atoms with Gasteiger partial charge in [0.05, 0.1) is 7.11 Å². The number of carbonyl (C=O) groups is 2. The van der Waals surface area contributed by atoms with Gasteiger partial charge in [0, 0.05) is 22.2 Å². The van der Waals surface area contributed by atoms with Crippen molar-refractivity contribution in [3.63, 3.8) is 0 Å². The van der Waals surface area contributed by atoms with Gasteiger partial charge in [0.2, 0.25) is 0 Å². The number of para-hydroxylation sites is 1. The second-order valence-corrected chi connectivity index (χ2v) is 5.12. The maximum absolute atomic E-state index is 12.6. The maximum Gasteiger partial charge on any atom is 0.319 e. The van der Waals surface area contributed by atoms with Crippen LogP contribution in [0.5, 0.6) is 0 Å². The Morgan fingerprint density at radius 2 is 1.84 bits per heavy atom. The number of benzene rings is 1. The van der Waals surface area contributed by atoms with Gasteiger partial charge in [-0.2, -0.15) is 0 Å². The average Bonchev–Trinajstić information content (AvgIpc) is 2.72. The molecule has 0 spiro atoms. The van der Waals surface area contributed by atoms with Gasteiger partial charge in [0.1, 0.15) is 5.41 Å². The van der Waals surface area contributed by atoms with Crippen LogP contribution in [0.25, 0.3) is 10.9 Å². The molecule has 0 atom stereocenters. The SMILES string of the molecule is COC(=O)C(C)(C)C(=O)c1c(C)[nH]c2ccccc12. The summed E-state index contributed by atoms with van der Waals surface area (Å²) in [4.78, 5) is 27.6. The van der Waals surface area contributed by atoms with E-state index in [2.05, 4.69) is 4.98 Å². The smallest absolute Gasteiger partial charge is 0.319 e. The van der Waals surface area contributed by atoms with Crippen molar-refractivity contribution in [2.24, 2.45) is 5.41 Å². The Hall–Kier alpha value is -2.10. The van der Waals surface area contributed by atoms with Gasteiger partial charge in [-0.15, -0.1) is 0 Å². The molecular weight excluding hydrogens is 242 g/mol. The number of rotatable bonds is 3. The van der Waals surface area contributed by atoms with Gasteiger partial charge < -0.3 is 9.72 Å². The van der Waals surface area contributed by atoms with E-state index in [0.29, 0.717) is 5.56 Å². The van der Waals surface area contributed by atoms with E-state index in [-0.39, 0.29) is 5.78 Å². The topological polar surface area (TPSA) is 59.2 Å². The number of nitrogens with one attached hydrogen (secondary N) is 1. The molecule has 1 N–H and O–H groups in total. The lowest BCUT2D eigenvalue weighted by Crippen LogP contribution is -2.34. The van der Waals surface area contributed by atoms with Gasteiger partial charge in [-0.3, -0.25) is 9.59 Å². The van der Waals surface area contributed by atoms with Crippen molar-refractivity contribution >= 4 is 22.7 Å². The van der Waals surface area contributed by atoms with Gasteiger partial charge in [0.25, 0.3) is 0 Å². The first-order valence-corrected chi connectivity index (χ1v) is 6.10. The van der Waals surface area contributed by atoms with Gasteiger partial charge in [0.15, 0.2) is 5.78 Å². The number of aromatic nitrogens is 1. The second kappa shape index (κ2) is 4.53. The summed E-state index contributed by atoms with van der Waals surface area (Å²) in [6.07, 6.45) is 0. The highest BCUT2D eigenvalue weighted by atomic mass is 16.5. The average molecular weight is 259 g/mol. The zero-order valence-corrected chi connectivity index (χ0v) is 11.5. The zero-order valence-electron chi connectivity index (χ0n) is 11.5. The van der Waals surface area contributed by atoms with Crippen LogP contribution in [0.2, 0.25) is 0 Å². The fourth-order valence-electron chi connectivity index (χ4n) is 2.23. The van der Waals surface area contributed by atoms with Crippen LogP contribution < -0.4 is 0 Å². The molecule has 0 aliphatic rings. The zero-order chi connectivity index (χ0) is 14.2. The van der Waals surface area contributed by atoms with Crippen LogP contribution >= 0.6 is 0 Å². The summed E-state index contributed by atoms with van der Waals surface area (Å²) < 4.78 is 4.72. The Kier molecular flexibility index (Phi) is 3.18. The molecule has 1 heterocycles. The highest BCUT2D eigenvalue weighted by Gasteiger charge is 2.39. The first-order chi connectivity index (χ1) is 8.89. The third-order valence-corrected chi connectivity index (χ3v) is 3.38. The maximum atomic E-state index is 12.6.